The molecular formula is C11H18N2O3S. The van der Waals surface area contributed by atoms with E-state index >= 15 is 0 Å². The van der Waals surface area contributed by atoms with Crippen molar-refractivity contribution in [3.63, 3.8) is 0 Å². The molecule has 0 fully saturated rings. The van der Waals surface area contributed by atoms with Gasteiger partial charge in [-0.15, -0.1) is 0 Å². The maximum Gasteiger partial charge on any atom is 0.326 e. The van der Waals surface area contributed by atoms with Crippen LogP contribution >= 0.6 is 11.8 Å². The normalized spacial score (nSPS) is 16.6. The zero-order valence-corrected chi connectivity index (χ0v) is 10.7. The van der Waals surface area contributed by atoms with Crippen molar-refractivity contribution in [3.8, 4) is 0 Å². The monoisotopic (exact) mass is 258 g/mol. The Kier molecular flexibility index (Phi) is 5.90. The standard InChI is InChI=1S/C11H18N2O3S/c1-17-8-5-9(10(14)15)12-11(16)13-6-3-2-4-7-13/h2-3,9H,4-8H2,1H3,(H,12,16)(H,14,15). The molecule has 1 atom stereocenters. The van der Waals surface area contributed by atoms with Crippen LogP contribution in [-0.2, 0) is 4.79 Å². The number of carbonyl (C=O) groups excluding carboxylic acids is 1. The summed E-state index contributed by atoms with van der Waals surface area (Å²) in [6.45, 7) is 1.21. The van der Waals surface area contributed by atoms with E-state index in [1.807, 2.05) is 18.4 Å². The van der Waals surface area contributed by atoms with Crippen LogP contribution in [0, 0.1) is 0 Å². The molecule has 2 N–H and O–H groups in total. The Balaban J connectivity index is 2.45. The summed E-state index contributed by atoms with van der Waals surface area (Å²) in [5.74, 6) is -0.253. The van der Waals surface area contributed by atoms with Crippen molar-refractivity contribution in [1.82, 2.24) is 10.2 Å². The molecule has 1 heterocycles. The summed E-state index contributed by atoms with van der Waals surface area (Å²) in [4.78, 5) is 24.4. The summed E-state index contributed by atoms with van der Waals surface area (Å²) < 4.78 is 0. The second-order valence-corrected chi connectivity index (χ2v) is 4.81. The van der Waals surface area contributed by atoms with Crippen LogP contribution in [0.25, 0.3) is 0 Å². The van der Waals surface area contributed by atoms with Crippen LogP contribution in [0.2, 0.25) is 0 Å². The molecule has 0 saturated heterocycles. The van der Waals surface area contributed by atoms with Crippen molar-refractivity contribution >= 4 is 23.8 Å². The van der Waals surface area contributed by atoms with E-state index in [9.17, 15) is 9.59 Å². The lowest BCUT2D eigenvalue weighted by Gasteiger charge is -2.25. The maximum atomic E-state index is 11.8. The molecule has 1 aliphatic rings. The minimum atomic E-state index is -0.972. The molecule has 2 amide bonds. The molecular weight excluding hydrogens is 240 g/mol. The van der Waals surface area contributed by atoms with Crippen LogP contribution in [-0.4, -0.2) is 53.1 Å². The van der Waals surface area contributed by atoms with Gasteiger partial charge in [-0.1, -0.05) is 12.2 Å². The van der Waals surface area contributed by atoms with Crippen molar-refractivity contribution in [2.24, 2.45) is 0 Å². The first-order chi connectivity index (χ1) is 8.15. The number of carboxylic acid groups (broad SMARTS) is 1. The molecule has 1 aliphatic heterocycles. The quantitative estimate of drug-likeness (QED) is 0.726. The Bertz CT molecular complexity index is 307. The lowest BCUT2D eigenvalue weighted by molar-refractivity contribution is -0.139. The summed E-state index contributed by atoms with van der Waals surface area (Å²) in [6, 6.07) is -1.08. The fraction of sp³-hybridized carbons (Fsp3) is 0.636. The number of rotatable bonds is 5. The van der Waals surface area contributed by atoms with Crippen LogP contribution in [0.3, 0.4) is 0 Å². The molecule has 6 heteroatoms. The molecule has 0 radical (unpaired) electrons. The molecule has 0 bridgehead atoms. The van der Waals surface area contributed by atoms with Gasteiger partial charge in [0.05, 0.1) is 0 Å². The van der Waals surface area contributed by atoms with Gasteiger partial charge < -0.3 is 15.3 Å². The first kappa shape index (κ1) is 13.9. The molecule has 0 aromatic rings. The Morgan fingerprint density at radius 1 is 1.53 bits per heavy atom. The van der Waals surface area contributed by atoms with Gasteiger partial charge in [-0.05, 0) is 24.9 Å². The Morgan fingerprint density at radius 3 is 2.82 bits per heavy atom. The van der Waals surface area contributed by atoms with Crippen LogP contribution in [0.5, 0.6) is 0 Å². The van der Waals surface area contributed by atoms with Gasteiger partial charge >= 0.3 is 12.0 Å². The van der Waals surface area contributed by atoms with Crippen molar-refractivity contribution in [1.29, 1.82) is 0 Å². The number of amides is 2. The summed E-state index contributed by atoms with van der Waals surface area (Å²) in [7, 11) is 0. The van der Waals surface area contributed by atoms with E-state index in [0.29, 0.717) is 19.5 Å². The molecule has 0 aromatic carbocycles. The summed E-state index contributed by atoms with van der Waals surface area (Å²) in [5, 5.41) is 11.6. The zero-order chi connectivity index (χ0) is 12.7. The summed E-state index contributed by atoms with van der Waals surface area (Å²) >= 11 is 1.57. The van der Waals surface area contributed by atoms with Crippen molar-refractivity contribution in [2.75, 3.05) is 25.1 Å². The lowest BCUT2D eigenvalue weighted by atomic mass is 10.2. The number of nitrogens with one attached hydrogen (secondary N) is 1. The number of carboxylic acids is 1. The fourth-order valence-corrected chi connectivity index (χ4v) is 2.03. The number of urea groups is 1. The van der Waals surface area contributed by atoms with E-state index in [1.54, 1.807) is 16.7 Å². The number of carbonyl (C=O) groups is 2. The highest BCUT2D eigenvalue weighted by Crippen LogP contribution is 2.05. The van der Waals surface area contributed by atoms with Crippen LogP contribution < -0.4 is 5.32 Å². The van der Waals surface area contributed by atoms with Gasteiger partial charge in [0.15, 0.2) is 0 Å². The average Bonchev–Trinajstić information content (AvgIpc) is 2.35. The second-order valence-electron chi connectivity index (χ2n) is 3.83. The van der Waals surface area contributed by atoms with Crippen molar-refractivity contribution in [2.45, 2.75) is 18.9 Å². The minimum Gasteiger partial charge on any atom is -0.480 e. The fourth-order valence-electron chi connectivity index (χ4n) is 1.56. The van der Waals surface area contributed by atoms with Gasteiger partial charge in [-0.3, -0.25) is 0 Å². The first-order valence-electron chi connectivity index (χ1n) is 5.57. The van der Waals surface area contributed by atoms with Crippen molar-refractivity contribution < 1.29 is 14.7 Å². The SMILES string of the molecule is CSCCC(NC(=O)N1CC=CCC1)C(=O)O. The van der Waals surface area contributed by atoms with Crippen LogP contribution in [0.1, 0.15) is 12.8 Å². The highest BCUT2D eigenvalue weighted by Gasteiger charge is 2.22. The van der Waals surface area contributed by atoms with Gasteiger partial charge in [0.2, 0.25) is 0 Å². The second kappa shape index (κ2) is 7.21. The van der Waals surface area contributed by atoms with Crippen molar-refractivity contribution in [3.05, 3.63) is 12.2 Å². The van der Waals surface area contributed by atoms with E-state index in [1.165, 1.54) is 0 Å². The molecule has 1 rings (SSSR count). The van der Waals surface area contributed by atoms with Gasteiger partial charge in [0.1, 0.15) is 6.04 Å². The number of hydrogen-bond acceptors (Lipinski definition) is 3. The molecule has 96 valence electrons. The highest BCUT2D eigenvalue weighted by atomic mass is 32.2. The molecule has 5 nitrogen and oxygen atoms in total. The van der Waals surface area contributed by atoms with E-state index < -0.39 is 12.0 Å². The largest absolute Gasteiger partial charge is 0.480 e. The number of thioether (sulfide) groups is 1. The number of hydrogen-bond donors (Lipinski definition) is 2. The molecule has 17 heavy (non-hydrogen) atoms. The highest BCUT2D eigenvalue weighted by molar-refractivity contribution is 7.98. The molecule has 0 aromatic heterocycles. The third-order valence-electron chi connectivity index (χ3n) is 2.55. The van der Waals surface area contributed by atoms with Gasteiger partial charge in [0.25, 0.3) is 0 Å². The summed E-state index contributed by atoms with van der Waals surface area (Å²) in [5.41, 5.74) is 0. The number of nitrogens with zero attached hydrogens (tertiary/aromatic N) is 1. The van der Waals surface area contributed by atoms with Gasteiger partial charge in [0, 0.05) is 13.1 Å². The number of aliphatic carboxylic acids is 1. The Hall–Kier alpha value is -1.17. The van der Waals surface area contributed by atoms with Crippen LogP contribution in [0.15, 0.2) is 12.2 Å². The Labute approximate surface area is 105 Å². The van der Waals surface area contributed by atoms with E-state index in [4.69, 9.17) is 5.11 Å². The lowest BCUT2D eigenvalue weighted by Crippen LogP contribution is -2.49. The predicted molar refractivity (Wildman–Crippen MR) is 68.3 cm³/mol. The van der Waals surface area contributed by atoms with E-state index in [-0.39, 0.29) is 6.03 Å². The molecule has 0 aliphatic carbocycles. The summed E-state index contributed by atoms with van der Waals surface area (Å²) in [6.07, 6.45) is 7.13. The topological polar surface area (TPSA) is 69.6 Å². The van der Waals surface area contributed by atoms with E-state index in [2.05, 4.69) is 5.32 Å². The first-order valence-corrected chi connectivity index (χ1v) is 6.96. The average molecular weight is 258 g/mol. The van der Waals surface area contributed by atoms with E-state index in [0.717, 1.165) is 12.2 Å². The third kappa shape index (κ3) is 4.68. The molecule has 0 saturated carbocycles. The van der Waals surface area contributed by atoms with Crippen LogP contribution in [0.4, 0.5) is 4.79 Å². The molecule has 0 spiro atoms. The zero-order valence-electron chi connectivity index (χ0n) is 9.89. The maximum absolute atomic E-state index is 11.8. The minimum absolute atomic E-state index is 0.289. The third-order valence-corrected chi connectivity index (χ3v) is 3.20. The van der Waals surface area contributed by atoms with Gasteiger partial charge in [-0.25, -0.2) is 9.59 Å². The smallest absolute Gasteiger partial charge is 0.326 e. The molecule has 1 unspecified atom stereocenters. The predicted octanol–water partition coefficient (Wildman–Crippen LogP) is 1.16. The Morgan fingerprint density at radius 2 is 2.29 bits per heavy atom. The van der Waals surface area contributed by atoms with Gasteiger partial charge in [-0.2, -0.15) is 11.8 Å².